The van der Waals surface area contributed by atoms with Gasteiger partial charge in [-0.2, -0.15) is 4.99 Å². The molecule has 0 saturated carbocycles. The van der Waals surface area contributed by atoms with Crippen molar-refractivity contribution in [2.24, 2.45) is 27.2 Å². The molecule has 24 heavy (non-hydrogen) atoms. The third-order valence-electron chi connectivity index (χ3n) is 3.01. The normalized spacial score (nSPS) is 11.8. The maximum Gasteiger partial charge on any atom is 0.336 e. The van der Waals surface area contributed by atoms with Gasteiger partial charge in [-0.1, -0.05) is 42.5 Å². The van der Waals surface area contributed by atoms with E-state index in [0.717, 1.165) is 5.56 Å². The topological polar surface area (TPSA) is 140 Å². The lowest BCUT2D eigenvalue weighted by molar-refractivity contribution is -0.130. The minimum atomic E-state index is -1.000. The van der Waals surface area contributed by atoms with Crippen LogP contribution in [0.3, 0.4) is 0 Å². The van der Waals surface area contributed by atoms with E-state index in [4.69, 9.17) is 17.2 Å². The van der Waals surface area contributed by atoms with Gasteiger partial charge in [-0.15, -0.1) is 0 Å². The highest BCUT2D eigenvalue weighted by atomic mass is 16.4. The molecule has 2 aromatic carbocycles. The predicted octanol–water partition coefficient (Wildman–Crippen LogP) is 1.53. The maximum atomic E-state index is 11.5. The number of aliphatic carboxylic acids is 1. The van der Waals surface area contributed by atoms with Gasteiger partial charge in [0.15, 0.2) is 5.96 Å². The minimum Gasteiger partial charge on any atom is -0.478 e. The second-order valence-corrected chi connectivity index (χ2v) is 4.83. The van der Waals surface area contributed by atoms with Crippen molar-refractivity contribution < 1.29 is 9.90 Å². The Balaban J connectivity index is 2.30. The zero-order valence-corrected chi connectivity index (χ0v) is 12.8. The van der Waals surface area contributed by atoms with Gasteiger partial charge in [-0.05, 0) is 29.3 Å². The van der Waals surface area contributed by atoms with Crippen molar-refractivity contribution in [3.05, 3.63) is 65.7 Å². The SMILES string of the molecule is NC(N)=NC(N)=Nc1ccc(C=C(C(=O)O)c2ccccc2)cc1. The molecule has 0 saturated heterocycles. The van der Waals surface area contributed by atoms with Crippen LogP contribution < -0.4 is 17.2 Å². The van der Waals surface area contributed by atoms with Crippen LogP contribution in [0.15, 0.2) is 64.6 Å². The molecule has 0 aromatic heterocycles. The average molecular weight is 323 g/mol. The molecule has 0 aliphatic carbocycles. The van der Waals surface area contributed by atoms with Crippen LogP contribution in [0.2, 0.25) is 0 Å². The summed E-state index contributed by atoms with van der Waals surface area (Å²) in [6, 6.07) is 15.7. The van der Waals surface area contributed by atoms with E-state index in [-0.39, 0.29) is 17.5 Å². The monoisotopic (exact) mass is 323 g/mol. The molecule has 122 valence electrons. The van der Waals surface area contributed by atoms with Crippen LogP contribution in [-0.2, 0) is 4.79 Å². The first-order valence-electron chi connectivity index (χ1n) is 7.00. The third kappa shape index (κ3) is 4.70. The van der Waals surface area contributed by atoms with Gasteiger partial charge in [0.25, 0.3) is 0 Å². The highest BCUT2D eigenvalue weighted by Crippen LogP contribution is 2.20. The van der Waals surface area contributed by atoms with E-state index in [9.17, 15) is 9.90 Å². The largest absolute Gasteiger partial charge is 0.478 e. The first-order valence-corrected chi connectivity index (χ1v) is 7.00. The van der Waals surface area contributed by atoms with Crippen LogP contribution in [0, 0.1) is 0 Å². The summed E-state index contributed by atoms with van der Waals surface area (Å²) in [5.74, 6) is -1.24. The molecule has 0 spiro atoms. The van der Waals surface area contributed by atoms with Crippen molar-refractivity contribution in [2.75, 3.05) is 0 Å². The molecule has 0 unspecified atom stereocenters. The fraction of sp³-hybridized carbons (Fsp3) is 0. The lowest BCUT2D eigenvalue weighted by Gasteiger charge is -2.03. The molecule has 0 amide bonds. The zero-order valence-electron chi connectivity index (χ0n) is 12.8. The highest BCUT2D eigenvalue weighted by Gasteiger charge is 2.09. The molecule has 0 bridgehead atoms. The van der Waals surface area contributed by atoms with Gasteiger partial charge < -0.3 is 22.3 Å². The Bertz CT molecular complexity index is 805. The molecule has 2 aromatic rings. The van der Waals surface area contributed by atoms with Crippen LogP contribution in [0.1, 0.15) is 11.1 Å². The molecule has 7 heteroatoms. The van der Waals surface area contributed by atoms with Crippen molar-refractivity contribution in [3.8, 4) is 0 Å². The van der Waals surface area contributed by atoms with Gasteiger partial charge in [0.2, 0.25) is 5.96 Å². The zero-order chi connectivity index (χ0) is 17.5. The maximum absolute atomic E-state index is 11.5. The van der Waals surface area contributed by atoms with Crippen LogP contribution in [-0.4, -0.2) is 23.0 Å². The van der Waals surface area contributed by atoms with E-state index in [1.54, 1.807) is 54.6 Å². The molecular weight excluding hydrogens is 306 g/mol. The molecule has 0 aliphatic heterocycles. The number of hydrogen-bond donors (Lipinski definition) is 4. The summed E-state index contributed by atoms with van der Waals surface area (Å²) in [5, 5.41) is 9.40. The number of benzene rings is 2. The predicted molar refractivity (Wildman–Crippen MR) is 95.5 cm³/mol. The van der Waals surface area contributed by atoms with Gasteiger partial charge >= 0.3 is 5.97 Å². The minimum absolute atomic E-state index is 0.0613. The van der Waals surface area contributed by atoms with Crippen molar-refractivity contribution in [2.45, 2.75) is 0 Å². The number of nitrogens with two attached hydrogens (primary N) is 3. The van der Waals surface area contributed by atoms with Crippen LogP contribution in [0.5, 0.6) is 0 Å². The van der Waals surface area contributed by atoms with E-state index < -0.39 is 5.97 Å². The number of aliphatic imine (C=N–C) groups is 2. The second kappa shape index (κ2) is 7.59. The lowest BCUT2D eigenvalue weighted by Crippen LogP contribution is -2.26. The molecule has 0 aliphatic rings. The van der Waals surface area contributed by atoms with Crippen LogP contribution >= 0.6 is 0 Å². The summed E-state index contributed by atoms with van der Waals surface area (Å²) in [6.45, 7) is 0. The number of carboxylic acid groups (broad SMARTS) is 1. The van der Waals surface area contributed by atoms with Crippen molar-refractivity contribution >= 4 is 35.2 Å². The average Bonchev–Trinajstić information content (AvgIpc) is 2.54. The highest BCUT2D eigenvalue weighted by molar-refractivity contribution is 6.20. The van der Waals surface area contributed by atoms with E-state index in [1.165, 1.54) is 0 Å². The summed E-state index contributed by atoms with van der Waals surface area (Å²) in [5.41, 5.74) is 18.1. The van der Waals surface area contributed by atoms with Crippen molar-refractivity contribution in [3.63, 3.8) is 0 Å². The number of carboxylic acids is 1. The summed E-state index contributed by atoms with van der Waals surface area (Å²) in [7, 11) is 0. The second-order valence-electron chi connectivity index (χ2n) is 4.83. The number of hydrogen-bond acceptors (Lipinski definition) is 2. The molecule has 7 nitrogen and oxygen atoms in total. The molecule has 0 atom stereocenters. The van der Waals surface area contributed by atoms with Gasteiger partial charge in [-0.25, -0.2) is 9.79 Å². The van der Waals surface area contributed by atoms with E-state index >= 15 is 0 Å². The van der Waals surface area contributed by atoms with Crippen molar-refractivity contribution in [1.82, 2.24) is 0 Å². The summed E-state index contributed by atoms with van der Waals surface area (Å²) in [4.78, 5) is 19.1. The first-order chi connectivity index (χ1) is 11.5. The number of carbonyl (C=O) groups is 1. The van der Waals surface area contributed by atoms with Gasteiger partial charge in [-0.3, -0.25) is 0 Å². The van der Waals surface area contributed by atoms with Gasteiger partial charge in [0.1, 0.15) is 0 Å². The molecular formula is C17H17N5O2. The standard InChI is InChI=1S/C17H17N5O2/c18-16(19)22-17(20)21-13-8-6-11(7-9-13)10-14(15(23)24)12-4-2-1-3-5-12/h1-10H,(H,23,24)(H6,18,19,20,21,22). The Hall–Kier alpha value is -3.61. The summed E-state index contributed by atoms with van der Waals surface area (Å²) < 4.78 is 0. The van der Waals surface area contributed by atoms with Crippen molar-refractivity contribution in [1.29, 1.82) is 0 Å². The van der Waals surface area contributed by atoms with Gasteiger partial charge in [0.05, 0.1) is 11.3 Å². The Morgan fingerprint density at radius 2 is 1.58 bits per heavy atom. The number of rotatable bonds is 4. The fourth-order valence-corrected chi connectivity index (χ4v) is 1.99. The Kier molecular flexibility index (Phi) is 5.30. The third-order valence-corrected chi connectivity index (χ3v) is 3.01. The lowest BCUT2D eigenvalue weighted by atomic mass is 10.0. The molecule has 0 heterocycles. The molecule has 0 fully saturated rings. The van der Waals surface area contributed by atoms with Crippen LogP contribution in [0.4, 0.5) is 5.69 Å². The molecule has 0 radical (unpaired) electrons. The molecule has 2 rings (SSSR count). The summed E-state index contributed by atoms with van der Waals surface area (Å²) >= 11 is 0. The van der Waals surface area contributed by atoms with E-state index in [2.05, 4.69) is 9.98 Å². The number of guanidine groups is 2. The first kappa shape index (κ1) is 16.8. The van der Waals surface area contributed by atoms with Gasteiger partial charge in [0, 0.05) is 0 Å². The summed E-state index contributed by atoms with van der Waals surface area (Å²) in [6.07, 6.45) is 1.59. The van der Waals surface area contributed by atoms with E-state index in [0.29, 0.717) is 11.3 Å². The Labute approximate surface area is 138 Å². The smallest absolute Gasteiger partial charge is 0.336 e. The Morgan fingerprint density at radius 1 is 0.958 bits per heavy atom. The van der Waals surface area contributed by atoms with E-state index in [1.807, 2.05) is 6.07 Å². The fourth-order valence-electron chi connectivity index (χ4n) is 1.99. The molecule has 7 N–H and O–H groups in total. The van der Waals surface area contributed by atoms with Crippen LogP contribution in [0.25, 0.3) is 11.6 Å². The Morgan fingerprint density at radius 3 is 2.12 bits per heavy atom. The number of nitrogens with zero attached hydrogens (tertiary/aromatic N) is 2. The quantitative estimate of drug-likeness (QED) is 0.292.